The van der Waals surface area contributed by atoms with Crippen molar-refractivity contribution in [3.8, 4) is 0 Å². The fraction of sp³-hybridized carbons (Fsp3) is 1.00. The van der Waals surface area contributed by atoms with Crippen LogP contribution in [0.2, 0.25) is 0 Å². The number of ether oxygens (including phenoxy) is 2. The van der Waals surface area contributed by atoms with E-state index in [1.54, 1.807) is 0 Å². The lowest BCUT2D eigenvalue weighted by atomic mass is 10.4. The summed E-state index contributed by atoms with van der Waals surface area (Å²) in [4.78, 5) is 0. The molecule has 0 aromatic rings. The first-order valence-electron chi connectivity index (χ1n) is 3.90. The lowest BCUT2D eigenvalue weighted by molar-refractivity contribution is -0.0477. The fourth-order valence-electron chi connectivity index (χ4n) is 0.663. The zero-order valence-corrected chi connectivity index (χ0v) is 8.42. The molecule has 5 heteroatoms. The van der Waals surface area contributed by atoms with Gasteiger partial charge in [-0.05, 0) is 26.8 Å². The Labute approximate surface area is 79.0 Å². The van der Waals surface area contributed by atoms with Gasteiger partial charge in [0.25, 0.3) is 0 Å². The molecule has 0 heterocycles. The summed E-state index contributed by atoms with van der Waals surface area (Å²) in [6.07, 6.45) is 0.0590. The number of hydrogen-bond donors (Lipinski definition) is 2. The maximum absolute atomic E-state index is 5.31. The molecule has 4 nitrogen and oxygen atoms in total. The van der Waals surface area contributed by atoms with Crippen LogP contribution in [0.5, 0.6) is 0 Å². The molecule has 0 aromatic carbocycles. The summed E-state index contributed by atoms with van der Waals surface area (Å²) in [5.74, 6) is 0. The first kappa shape index (κ1) is 12.2. The van der Waals surface area contributed by atoms with Crippen LogP contribution in [0.25, 0.3) is 0 Å². The summed E-state index contributed by atoms with van der Waals surface area (Å²) in [6.45, 7) is 4.95. The van der Waals surface area contributed by atoms with Crippen LogP contribution in [0.15, 0.2) is 0 Å². The van der Waals surface area contributed by atoms with Gasteiger partial charge in [-0.2, -0.15) is 0 Å². The standard InChI is InChI=1S/C7H17NO3S/c1-6(2)9-3-7(4-11-12)10-5-8/h6-7,12H,3-5,8H2,1-2H3. The number of nitrogens with two attached hydrogens (primary N) is 1. The summed E-state index contributed by atoms with van der Waals surface area (Å²) >= 11 is 3.62. The van der Waals surface area contributed by atoms with E-state index in [2.05, 4.69) is 17.1 Å². The predicted octanol–water partition coefficient (Wildman–Crippen LogP) is 0.574. The minimum Gasteiger partial charge on any atom is -0.376 e. The maximum Gasteiger partial charge on any atom is 0.107 e. The Kier molecular flexibility index (Phi) is 7.94. The molecule has 12 heavy (non-hydrogen) atoms. The highest BCUT2D eigenvalue weighted by Gasteiger charge is 2.09. The summed E-state index contributed by atoms with van der Waals surface area (Å²) in [5.41, 5.74) is 5.21. The number of hydrogen-bond acceptors (Lipinski definition) is 5. The quantitative estimate of drug-likeness (QED) is 0.354. The average molecular weight is 195 g/mol. The van der Waals surface area contributed by atoms with Crippen LogP contribution in [0.4, 0.5) is 0 Å². The Morgan fingerprint density at radius 2 is 1.92 bits per heavy atom. The zero-order chi connectivity index (χ0) is 9.40. The average Bonchev–Trinajstić information content (AvgIpc) is 2.01. The maximum atomic E-state index is 5.31. The van der Waals surface area contributed by atoms with Gasteiger partial charge in [-0.15, -0.1) is 0 Å². The smallest absolute Gasteiger partial charge is 0.107 e. The zero-order valence-electron chi connectivity index (χ0n) is 7.53. The molecule has 0 spiro atoms. The minimum absolute atomic E-state index is 0.130. The Bertz CT molecular complexity index is 96.7. The van der Waals surface area contributed by atoms with Crippen LogP contribution in [0.3, 0.4) is 0 Å². The Balaban J connectivity index is 3.48. The van der Waals surface area contributed by atoms with Crippen molar-refractivity contribution in [2.45, 2.75) is 26.1 Å². The topological polar surface area (TPSA) is 53.7 Å². The van der Waals surface area contributed by atoms with Crippen molar-refractivity contribution in [3.05, 3.63) is 0 Å². The molecule has 0 aliphatic rings. The van der Waals surface area contributed by atoms with Crippen molar-refractivity contribution in [3.63, 3.8) is 0 Å². The summed E-state index contributed by atoms with van der Waals surface area (Å²) < 4.78 is 15.0. The Hall–Kier alpha value is 0.190. The molecule has 0 rings (SSSR count). The molecule has 0 amide bonds. The highest BCUT2D eigenvalue weighted by atomic mass is 32.1. The Morgan fingerprint density at radius 1 is 1.25 bits per heavy atom. The fourth-order valence-corrected chi connectivity index (χ4v) is 0.830. The van der Waals surface area contributed by atoms with E-state index in [1.165, 1.54) is 0 Å². The third kappa shape index (κ3) is 6.87. The lowest BCUT2D eigenvalue weighted by Gasteiger charge is -2.16. The van der Waals surface area contributed by atoms with E-state index in [4.69, 9.17) is 15.2 Å². The first-order chi connectivity index (χ1) is 5.70. The molecule has 0 aliphatic heterocycles. The van der Waals surface area contributed by atoms with Crippen molar-refractivity contribution in [1.82, 2.24) is 0 Å². The summed E-state index contributed by atoms with van der Waals surface area (Å²) in [7, 11) is 0. The lowest BCUT2D eigenvalue weighted by Crippen LogP contribution is -2.28. The van der Waals surface area contributed by atoms with Crippen LogP contribution in [-0.4, -0.2) is 32.2 Å². The van der Waals surface area contributed by atoms with Crippen molar-refractivity contribution in [1.29, 1.82) is 0 Å². The van der Waals surface area contributed by atoms with Gasteiger partial charge in [-0.1, -0.05) is 0 Å². The van der Waals surface area contributed by atoms with Crippen molar-refractivity contribution in [2.24, 2.45) is 5.73 Å². The minimum atomic E-state index is -0.130. The molecule has 0 fully saturated rings. The second-order valence-electron chi connectivity index (χ2n) is 2.63. The molecule has 1 unspecified atom stereocenters. The van der Waals surface area contributed by atoms with E-state index in [9.17, 15) is 0 Å². The molecule has 0 radical (unpaired) electrons. The summed E-state index contributed by atoms with van der Waals surface area (Å²) in [5, 5.41) is 0. The second kappa shape index (κ2) is 7.82. The van der Waals surface area contributed by atoms with Crippen molar-refractivity contribution < 1.29 is 13.7 Å². The van der Waals surface area contributed by atoms with E-state index >= 15 is 0 Å². The van der Waals surface area contributed by atoms with Gasteiger partial charge in [0.2, 0.25) is 0 Å². The molecule has 0 aromatic heterocycles. The van der Waals surface area contributed by atoms with Crippen LogP contribution < -0.4 is 5.73 Å². The van der Waals surface area contributed by atoms with Crippen molar-refractivity contribution >= 4 is 12.9 Å². The molecule has 0 saturated heterocycles. The van der Waals surface area contributed by atoms with Crippen LogP contribution in [0.1, 0.15) is 13.8 Å². The Morgan fingerprint density at radius 3 is 2.33 bits per heavy atom. The highest BCUT2D eigenvalue weighted by Crippen LogP contribution is 1.98. The van der Waals surface area contributed by atoms with Crippen LogP contribution in [-0.2, 0) is 13.7 Å². The van der Waals surface area contributed by atoms with Crippen LogP contribution >= 0.6 is 12.9 Å². The molecule has 1 atom stereocenters. The second-order valence-corrected chi connectivity index (χ2v) is 2.89. The van der Waals surface area contributed by atoms with Gasteiger partial charge >= 0.3 is 0 Å². The predicted molar refractivity (Wildman–Crippen MR) is 50.0 cm³/mol. The summed E-state index contributed by atoms with van der Waals surface area (Å²) in [6, 6.07) is 0. The van der Waals surface area contributed by atoms with Crippen LogP contribution in [0, 0.1) is 0 Å². The third-order valence-electron chi connectivity index (χ3n) is 1.21. The molecule has 2 N–H and O–H groups in total. The van der Waals surface area contributed by atoms with Gasteiger partial charge in [0.15, 0.2) is 0 Å². The highest BCUT2D eigenvalue weighted by molar-refractivity contribution is 7.75. The molecule has 0 aliphatic carbocycles. The van der Waals surface area contributed by atoms with Gasteiger partial charge in [-0.25, -0.2) is 0 Å². The van der Waals surface area contributed by atoms with Crippen molar-refractivity contribution in [2.75, 3.05) is 19.9 Å². The molecule has 0 saturated carbocycles. The van der Waals surface area contributed by atoms with Gasteiger partial charge < -0.3 is 19.4 Å². The first-order valence-corrected chi connectivity index (χ1v) is 4.26. The van der Waals surface area contributed by atoms with E-state index in [1.807, 2.05) is 13.8 Å². The number of rotatable bonds is 7. The van der Waals surface area contributed by atoms with Gasteiger partial charge in [0, 0.05) is 0 Å². The molecular formula is C7H17NO3S. The third-order valence-corrected chi connectivity index (χ3v) is 1.36. The van der Waals surface area contributed by atoms with Gasteiger partial charge in [-0.3, -0.25) is 0 Å². The van der Waals surface area contributed by atoms with E-state index in [-0.39, 0.29) is 18.9 Å². The van der Waals surface area contributed by atoms with E-state index in [0.717, 1.165) is 0 Å². The monoisotopic (exact) mass is 195 g/mol. The van der Waals surface area contributed by atoms with E-state index < -0.39 is 0 Å². The van der Waals surface area contributed by atoms with Gasteiger partial charge in [0.1, 0.15) is 6.10 Å². The SMILES string of the molecule is CC(C)OCC(COS)OCN. The number of thiol groups is 1. The van der Waals surface area contributed by atoms with E-state index in [0.29, 0.717) is 13.2 Å². The molecule has 0 bridgehead atoms. The van der Waals surface area contributed by atoms with Gasteiger partial charge in [0.05, 0.1) is 26.0 Å². The normalized spacial score (nSPS) is 13.8. The molecular weight excluding hydrogens is 178 g/mol. The molecule has 74 valence electrons. The largest absolute Gasteiger partial charge is 0.376 e.